The van der Waals surface area contributed by atoms with Crippen LogP contribution in [0.1, 0.15) is 0 Å². The number of nitrogens with two attached hydrogens (primary N) is 4. The fourth-order valence-corrected chi connectivity index (χ4v) is 3.77. The summed E-state index contributed by atoms with van der Waals surface area (Å²) in [4.78, 5) is 66.6. The van der Waals surface area contributed by atoms with Crippen molar-refractivity contribution in [2.24, 2.45) is 22.9 Å². The Hall–Kier alpha value is -2.93. The number of nitrogens with zero attached hydrogens (tertiary/aromatic N) is 5. The van der Waals surface area contributed by atoms with Gasteiger partial charge in [-0.15, -0.1) is 0 Å². The van der Waals surface area contributed by atoms with E-state index in [1.165, 1.54) is 24.5 Å². The Bertz CT molecular complexity index is 708. The molecular formula is C22H45N9O8. The number of carbonyl (C=O) groups is 5. The number of aliphatic carboxylic acids is 3. The van der Waals surface area contributed by atoms with Gasteiger partial charge in [0.25, 0.3) is 0 Å². The maximum atomic E-state index is 12.7. The Kier molecular flexibility index (Phi) is 19.4. The molecule has 17 nitrogen and oxygen atoms in total. The Balaban J connectivity index is 5.40. The van der Waals surface area contributed by atoms with Crippen LogP contribution in [0.3, 0.4) is 0 Å². The molecule has 0 fully saturated rings. The van der Waals surface area contributed by atoms with Crippen molar-refractivity contribution in [3.05, 3.63) is 0 Å². The van der Waals surface area contributed by atoms with Gasteiger partial charge >= 0.3 is 17.9 Å². The lowest BCUT2D eigenvalue weighted by atomic mass is 10.3. The fraction of sp³-hybridized carbons (Fsp3) is 0.773. The highest BCUT2D eigenvalue weighted by atomic mass is 16.4. The molecule has 0 aliphatic heterocycles. The van der Waals surface area contributed by atoms with Gasteiger partial charge in [-0.05, 0) is 0 Å². The fourth-order valence-electron chi connectivity index (χ4n) is 3.77. The molecule has 39 heavy (non-hydrogen) atoms. The van der Waals surface area contributed by atoms with Gasteiger partial charge in [-0.1, -0.05) is 0 Å². The predicted molar refractivity (Wildman–Crippen MR) is 142 cm³/mol. The number of hydrogen-bond donors (Lipinski definition) is 7. The first kappa shape index (κ1) is 36.1. The summed E-state index contributed by atoms with van der Waals surface area (Å²) >= 11 is 0. The number of carbonyl (C=O) groups excluding carboxylic acids is 2. The summed E-state index contributed by atoms with van der Waals surface area (Å²) in [6, 6.07) is 0. The molecule has 0 spiro atoms. The van der Waals surface area contributed by atoms with Gasteiger partial charge < -0.3 is 48.1 Å². The maximum absolute atomic E-state index is 12.7. The molecule has 0 rings (SSSR count). The average molecular weight is 564 g/mol. The zero-order chi connectivity index (χ0) is 29.8. The van der Waals surface area contributed by atoms with Gasteiger partial charge in [0.05, 0.1) is 32.7 Å². The lowest BCUT2D eigenvalue weighted by molar-refractivity contribution is -0.141. The lowest BCUT2D eigenvalue weighted by Crippen LogP contribution is -2.49. The molecular weight excluding hydrogens is 518 g/mol. The Morgan fingerprint density at radius 1 is 0.410 bits per heavy atom. The molecule has 0 saturated carbocycles. The molecule has 0 atom stereocenters. The molecule has 0 heterocycles. The topological polar surface area (TPSA) is 266 Å². The molecule has 0 radical (unpaired) electrons. The van der Waals surface area contributed by atoms with Crippen molar-refractivity contribution in [2.45, 2.75) is 0 Å². The molecule has 0 aromatic rings. The number of hydrogen-bond acceptors (Lipinski definition) is 12. The van der Waals surface area contributed by atoms with E-state index in [2.05, 4.69) is 0 Å². The summed E-state index contributed by atoms with van der Waals surface area (Å²) in [6.45, 7) is 0.322. The Morgan fingerprint density at radius 3 is 0.923 bits per heavy atom. The van der Waals surface area contributed by atoms with Gasteiger partial charge in [-0.3, -0.25) is 38.7 Å². The molecule has 11 N–H and O–H groups in total. The smallest absolute Gasteiger partial charge is 0.317 e. The normalized spacial score (nSPS) is 11.3. The van der Waals surface area contributed by atoms with Gasteiger partial charge in [0.1, 0.15) is 0 Å². The summed E-state index contributed by atoms with van der Waals surface area (Å²) in [5.74, 6) is -4.19. The van der Waals surface area contributed by atoms with Crippen molar-refractivity contribution in [2.75, 3.05) is 111 Å². The third-order valence-electron chi connectivity index (χ3n) is 5.56. The molecule has 0 aromatic carbocycles. The van der Waals surface area contributed by atoms with E-state index >= 15 is 0 Å². The zero-order valence-corrected chi connectivity index (χ0v) is 22.4. The lowest BCUT2D eigenvalue weighted by Gasteiger charge is -2.30. The van der Waals surface area contributed by atoms with Gasteiger partial charge in [-0.25, -0.2) is 0 Å². The first-order chi connectivity index (χ1) is 18.5. The van der Waals surface area contributed by atoms with Crippen LogP contribution >= 0.6 is 0 Å². The highest BCUT2D eigenvalue weighted by Crippen LogP contribution is 2.00. The average Bonchev–Trinajstić information content (AvgIpc) is 2.84. The van der Waals surface area contributed by atoms with E-state index in [9.17, 15) is 39.3 Å². The molecule has 0 saturated heterocycles. The first-order valence-corrected chi connectivity index (χ1v) is 12.7. The first-order valence-electron chi connectivity index (χ1n) is 12.7. The molecule has 2 amide bonds. The summed E-state index contributed by atoms with van der Waals surface area (Å²) in [5, 5.41) is 27.9. The minimum atomic E-state index is -1.16. The van der Waals surface area contributed by atoms with Crippen LogP contribution in [-0.4, -0.2) is 181 Å². The maximum Gasteiger partial charge on any atom is 0.317 e. The second-order valence-electron chi connectivity index (χ2n) is 8.79. The van der Waals surface area contributed by atoms with Crippen LogP contribution in [0.5, 0.6) is 0 Å². The minimum absolute atomic E-state index is 0.0447. The van der Waals surface area contributed by atoms with Gasteiger partial charge in [0, 0.05) is 78.5 Å². The van der Waals surface area contributed by atoms with Crippen LogP contribution in [0.25, 0.3) is 0 Å². The van der Waals surface area contributed by atoms with Gasteiger partial charge in [0.15, 0.2) is 0 Å². The van der Waals surface area contributed by atoms with Crippen molar-refractivity contribution in [1.82, 2.24) is 24.5 Å². The third-order valence-corrected chi connectivity index (χ3v) is 5.56. The molecule has 0 aliphatic rings. The number of carboxylic acids is 3. The molecule has 17 heteroatoms. The quantitative estimate of drug-likeness (QED) is 0.0577. The van der Waals surface area contributed by atoms with Crippen LogP contribution in [0.2, 0.25) is 0 Å². The molecule has 0 unspecified atom stereocenters. The van der Waals surface area contributed by atoms with E-state index in [1.807, 2.05) is 0 Å². The van der Waals surface area contributed by atoms with Gasteiger partial charge in [-0.2, -0.15) is 0 Å². The standard InChI is InChI=1S/C22H45N9O8/c23-1-5-30(6-2-24)18(32)13-28(16-21(36)37)11-9-27(15-20(34)35)10-12-29(17-22(38)39)14-19(33)31(7-3-25)8-4-26/h1-17,23-26H2,(H,34,35)(H,36,37)(H,38,39). The van der Waals surface area contributed by atoms with E-state index < -0.39 is 37.5 Å². The molecule has 0 aromatic heterocycles. The SMILES string of the molecule is NCCN(CCN)C(=O)CN(CCN(CCN(CC(=O)O)CC(=O)N(CCN)CCN)CC(=O)O)CC(=O)O. The van der Waals surface area contributed by atoms with Crippen LogP contribution in [0.4, 0.5) is 0 Å². The number of amides is 2. The van der Waals surface area contributed by atoms with E-state index in [0.29, 0.717) is 0 Å². The van der Waals surface area contributed by atoms with Crippen LogP contribution < -0.4 is 22.9 Å². The van der Waals surface area contributed by atoms with Crippen molar-refractivity contribution in [3.8, 4) is 0 Å². The number of rotatable bonds is 24. The summed E-state index contributed by atoms with van der Waals surface area (Å²) in [7, 11) is 0. The van der Waals surface area contributed by atoms with Crippen molar-refractivity contribution in [3.63, 3.8) is 0 Å². The second kappa shape index (κ2) is 21.0. The summed E-state index contributed by atoms with van der Waals surface area (Å²) in [5.41, 5.74) is 22.2. The zero-order valence-electron chi connectivity index (χ0n) is 22.4. The van der Waals surface area contributed by atoms with Crippen LogP contribution in [0, 0.1) is 0 Å². The predicted octanol–water partition coefficient (Wildman–Crippen LogP) is -5.36. The van der Waals surface area contributed by atoms with E-state index in [0.717, 1.165) is 0 Å². The monoisotopic (exact) mass is 563 g/mol. The van der Waals surface area contributed by atoms with Crippen LogP contribution in [0.15, 0.2) is 0 Å². The van der Waals surface area contributed by atoms with Crippen molar-refractivity contribution >= 4 is 29.7 Å². The van der Waals surface area contributed by atoms with Crippen LogP contribution in [-0.2, 0) is 24.0 Å². The Labute approximate surface area is 228 Å². The van der Waals surface area contributed by atoms with E-state index in [-0.39, 0.29) is 103 Å². The third kappa shape index (κ3) is 17.3. The van der Waals surface area contributed by atoms with E-state index in [1.54, 1.807) is 0 Å². The Morgan fingerprint density at radius 2 is 0.667 bits per heavy atom. The largest absolute Gasteiger partial charge is 0.480 e. The second-order valence-corrected chi connectivity index (χ2v) is 8.79. The number of carboxylic acid groups (broad SMARTS) is 3. The summed E-state index contributed by atoms with van der Waals surface area (Å²) in [6.07, 6.45) is 0. The molecule has 0 bridgehead atoms. The highest BCUT2D eigenvalue weighted by molar-refractivity contribution is 5.80. The highest BCUT2D eigenvalue weighted by Gasteiger charge is 2.22. The van der Waals surface area contributed by atoms with E-state index in [4.69, 9.17) is 22.9 Å². The summed E-state index contributed by atoms with van der Waals surface area (Å²) < 4.78 is 0. The van der Waals surface area contributed by atoms with Crippen molar-refractivity contribution < 1.29 is 39.3 Å². The molecule has 0 aliphatic carbocycles. The molecule has 226 valence electrons. The van der Waals surface area contributed by atoms with Crippen molar-refractivity contribution in [1.29, 1.82) is 0 Å². The minimum Gasteiger partial charge on any atom is -0.480 e. The van der Waals surface area contributed by atoms with Gasteiger partial charge in [0.2, 0.25) is 11.8 Å².